The Morgan fingerprint density at radius 3 is 2.07 bits per heavy atom. The van der Waals surface area contributed by atoms with E-state index in [1.807, 2.05) is 26.0 Å². The Hall–Kier alpha value is -0.630. The zero-order valence-electron chi connectivity index (χ0n) is 9.49. The molecule has 1 aromatic rings. The summed E-state index contributed by atoms with van der Waals surface area (Å²) >= 11 is 0. The van der Waals surface area contributed by atoms with Crippen LogP contribution >= 0.6 is 8.53 Å². The lowest BCUT2D eigenvalue weighted by molar-refractivity contribution is 0.273. The topological polar surface area (TPSA) is 30.5 Å². The van der Waals surface area contributed by atoms with E-state index >= 15 is 0 Å². The number of aryl methyl sites for hydroxylation is 1. The lowest BCUT2D eigenvalue weighted by Crippen LogP contribution is -1.99. The van der Waals surface area contributed by atoms with Gasteiger partial charge in [-0.1, -0.05) is 17.7 Å². The second-order valence-corrected chi connectivity index (χ2v) is 4.32. The fourth-order valence-corrected chi connectivity index (χ4v) is 2.10. The fraction of sp³-hybridized carbons (Fsp3) is 0.455. The van der Waals surface area contributed by atoms with Gasteiger partial charge in [-0.3, -0.25) is 0 Å². The first-order chi connectivity index (χ1) is 7.26. The third kappa shape index (κ3) is 4.61. The first-order valence-electron chi connectivity index (χ1n) is 5.15. The van der Waals surface area contributed by atoms with Crippen LogP contribution in [-0.4, -0.2) is 13.2 Å². The number of hydrogen-bond acceptors (Lipinski definition) is 3. The van der Waals surface area contributed by atoms with Crippen LogP contribution < -0.4 is 5.09 Å². The zero-order valence-corrected chi connectivity index (χ0v) is 10.4. The van der Waals surface area contributed by atoms with Crippen LogP contribution in [0, 0.1) is 6.92 Å². The molecule has 84 valence electrons. The van der Waals surface area contributed by atoms with Crippen LogP contribution in [0.25, 0.3) is 0 Å². The van der Waals surface area contributed by atoms with Gasteiger partial charge in [0.1, 0.15) is 0 Å². The molecule has 4 heteroatoms. The molecule has 0 atom stereocenters. The fourth-order valence-electron chi connectivity index (χ4n) is 1.07. The predicted octanol–water partition coefficient (Wildman–Crippen LogP) is 3.71. The molecule has 0 fully saturated rings. The standard InChI is InChI=1S/C11H18NO2P/c1-4-13-15(14-5-2)12-11-8-6-10(3)7-9-11/h6-9,12H,4-5H2,1-3H3. The largest absolute Gasteiger partial charge is 0.320 e. The van der Waals surface area contributed by atoms with Gasteiger partial charge in [-0.25, -0.2) is 0 Å². The molecule has 0 unspecified atom stereocenters. The molecule has 0 spiro atoms. The van der Waals surface area contributed by atoms with Gasteiger partial charge >= 0.3 is 0 Å². The van der Waals surface area contributed by atoms with Crippen LogP contribution in [0.5, 0.6) is 0 Å². The molecule has 0 radical (unpaired) electrons. The van der Waals surface area contributed by atoms with Crippen molar-refractivity contribution in [3.05, 3.63) is 29.8 Å². The Bertz CT molecular complexity index is 270. The van der Waals surface area contributed by atoms with Crippen molar-refractivity contribution in [1.82, 2.24) is 0 Å². The molecular formula is C11H18NO2P. The van der Waals surface area contributed by atoms with Gasteiger partial charge in [0.15, 0.2) is 0 Å². The number of nitrogens with one attached hydrogen (secondary N) is 1. The number of hydrogen-bond donors (Lipinski definition) is 1. The van der Waals surface area contributed by atoms with Gasteiger partial charge in [0.05, 0.1) is 13.2 Å². The Kier molecular flexibility index (Phi) is 5.62. The minimum Gasteiger partial charge on any atom is -0.320 e. The normalized spacial score (nSPS) is 10.7. The lowest BCUT2D eigenvalue weighted by Gasteiger charge is -2.17. The quantitative estimate of drug-likeness (QED) is 0.751. The summed E-state index contributed by atoms with van der Waals surface area (Å²) in [5.41, 5.74) is 2.28. The highest BCUT2D eigenvalue weighted by Crippen LogP contribution is 2.38. The molecular weight excluding hydrogens is 209 g/mol. The molecule has 0 aromatic heterocycles. The highest BCUT2D eigenvalue weighted by Gasteiger charge is 2.08. The third-order valence-electron chi connectivity index (χ3n) is 1.76. The lowest BCUT2D eigenvalue weighted by atomic mass is 10.2. The summed E-state index contributed by atoms with van der Waals surface area (Å²) in [5, 5.41) is 3.23. The molecule has 0 aliphatic rings. The smallest absolute Gasteiger partial charge is 0.287 e. The summed E-state index contributed by atoms with van der Waals surface area (Å²) < 4.78 is 10.9. The van der Waals surface area contributed by atoms with Crippen molar-refractivity contribution < 1.29 is 9.05 Å². The maximum Gasteiger partial charge on any atom is 0.287 e. The van der Waals surface area contributed by atoms with Gasteiger partial charge in [-0.05, 0) is 32.9 Å². The maximum absolute atomic E-state index is 5.45. The summed E-state index contributed by atoms with van der Waals surface area (Å²) in [6, 6.07) is 8.19. The van der Waals surface area contributed by atoms with E-state index in [1.165, 1.54) is 5.56 Å². The first kappa shape index (κ1) is 12.4. The average molecular weight is 227 g/mol. The number of anilines is 1. The van der Waals surface area contributed by atoms with Gasteiger partial charge in [0.2, 0.25) is 0 Å². The Morgan fingerprint density at radius 2 is 1.60 bits per heavy atom. The predicted molar refractivity (Wildman–Crippen MR) is 65.0 cm³/mol. The van der Waals surface area contributed by atoms with E-state index in [0.29, 0.717) is 13.2 Å². The van der Waals surface area contributed by atoms with Crippen LogP contribution in [0.4, 0.5) is 5.69 Å². The van der Waals surface area contributed by atoms with Crippen LogP contribution in [0.15, 0.2) is 24.3 Å². The summed E-state index contributed by atoms with van der Waals surface area (Å²) in [7, 11) is -0.997. The first-order valence-corrected chi connectivity index (χ1v) is 6.33. The van der Waals surface area contributed by atoms with E-state index in [9.17, 15) is 0 Å². The Morgan fingerprint density at radius 1 is 1.07 bits per heavy atom. The molecule has 3 nitrogen and oxygen atoms in total. The van der Waals surface area contributed by atoms with Crippen molar-refractivity contribution in [2.45, 2.75) is 20.8 Å². The van der Waals surface area contributed by atoms with E-state index in [1.54, 1.807) is 0 Å². The molecule has 1 aromatic carbocycles. The van der Waals surface area contributed by atoms with Crippen molar-refractivity contribution >= 4 is 14.2 Å². The van der Waals surface area contributed by atoms with E-state index in [0.717, 1.165) is 5.69 Å². The summed E-state index contributed by atoms with van der Waals surface area (Å²) in [6.07, 6.45) is 0. The van der Waals surface area contributed by atoms with Gasteiger partial charge in [0, 0.05) is 5.69 Å². The Balaban J connectivity index is 2.53. The van der Waals surface area contributed by atoms with E-state index in [-0.39, 0.29) is 0 Å². The van der Waals surface area contributed by atoms with Crippen molar-refractivity contribution in [3.63, 3.8) is 0 Å². The zero-order chi connectivity index (χ0) is 11.1. The number of rotatable bonds is 6. The molecule has 15 heavy (non-hydrogen) atoms. The molecule has 0 aliphatic heterocycles. The minimum atomic E-state index is -0.997. The van der Waals surface area contributed by atoms with E-state index in [4.69, 9.17) is 9.05 Å². The average Bonchev–Trinajstić information content (AvgIpc) is 2.22. The summed E-state index contributed by atoms with van der Waals surface area (Å²) in [4.78, 5) is 0. The van der Waals surface area contributed by atoms with E-state index < -0.39 is 8.53 Å². The molecule has 0 saturated carbocycles. The van der Waals surface area contributed by atoms with Crippen LogP contribution in [0.3, 0.4) is 0 Å². The van der Waals surface area contributed by atoms with Crippen molar-refractivity contribution in [2.75, 3.05) is 18.3 Å². The molecule has 0 amide bonds. The van der Waals surface area contributed by atoms with Gasteiger partial charge in [0.25, 0.3) is 8.53 Å². The molecule has 1 rings (SSSR count). The summed E-state index contributed by atoms with van der Waals surface area (Å²) in [5.74, 6) is 0. The van der Waals surface area contributed by atoms with Crippen LogP contribution in [0.2, 0.25) is 0 Å². The van der Waals surface area contributed by atoms with Crippen LogP contribution in [0.1, 0.15) is 19.4 Å². The van der Waals surface area contributed by atoms with Gasteiger partial charge in [-0.2, -0.15) is 0 Å². The molecule has 0 heterocycles. The van der Waals surface area contributed by atoms with E-state index in [2.05, 4.69) is 24.1 Å². The number of benzene rings is 1. The second kappa shape index (κ2) is 6.78. The van der Waals surface area contributed by atoms with Crippen molar-refractivity contribution in [1.29, 1.82) is 0 Å². The maximum atomic E-state index is 5.45. The minimum absolute atomic E-state index is 0.657. The molecule has 1 N–H and O–H groups in total. The highest BCUT2D eigenvalue weighted by molar-refractivity contribution is 7.48. The third-order valence-corrected chi connectivity index (χ3v) is 3.19. The summed E-state index contributed by atoms with van der Waals surface area (Å²) in [6.45, 7) is 7.31. The molecule has 0 saturated heterocycles. The molecule has 0 aliphatic carbocycles. The van der Waals surface area contributed by atoms with Crippen molar-refractivity contribution in [3.8, 4) is 0 Å². The monoisotopic (exact) mass is 227 g/mol. The van der Waals surface area contributed by atoms with Crippen molar-refractivity contribution in [2.24, 2.45) is 0 Å². The highest BCUT2D eigenvalue weighted by atomic mass is 31.2. The molecule has 0 bridgehead atoms. The van der Waals surface area contributed by atoms with Crippen LogP contribution in [-0.2, 0) is 9.05 Å². The van der Waals surface area contributed by atoms with Gasteiger partial charge < -0.3 is 14.1 Å². The Labute approximate surface area is 92.8 Å². The SMILES string of the molecule is CCOP(Nc1ccc(C)cc1)OCC. The second-order valence-electron chi connectivity index (χ2n) is 3.07. The van der Waals surface area contributed by atoms with Gasteiger partial charge in [-0.15, -0.1) is 0 Å².